The summed E-state index contributed by atoms with van der Waals surface area (Å²) in [6.07, 6.45) is 4.98. The van der Waals surface area contributed by atoms with Crippen molar-refractivity contribution in [2.45, 2.75) is 44.6 Å². The topological polar surface area (TPSA) is 51.4 Å². The Kier molecular flexibility index (Phi) is 5.99. The third kappa shape index (κ3) is 4.22. The van der Waals surface area contributed by atoms with Crippen LogP contribution < -0.4 is 0 Å². The first-order valence-corrected chi connectivity index (χ1v) is 8.91. The fourth-order valence-corrected chi connectivity index (χ4v) is 3.34. The van der Waals surface area contributed by atoms with Crippen molar-refractivity contribution in [2.24, 2.45) is 0 Å². The van der Waals surface area contributed by atoms with E-state index in [2.05, 4.69) is 22.0 Å². The van der Waals surface area contributed by atoms with E-state index in [0.717, 1.165) is 12.1 Å². The molecule has 0 bridgehead atoms. The van der Waals surface area contributed by atoms with Crippen LogP contribution in [0.3, 0.4) is 0 Å². The molecular formula is C19H27N3O2. The van der Waals surface area contributed by atoms with Crippen LogP contribution in [0.1, 0.15) is 62.0 Å². The van der Waals surface area contributed by atoms with Gasteiger partial charge in [0.15, 0.2) is 6.10 Å². The van der Waals surface area contributed by atoms with Crippen molar-refractivity contribution in [3.63, 3.8) is 0 Å². The largest absolute Gasteiger partial charge is 0.422 e. The molecule has 0 N–H and O–H groups in total. The predicted molar refractivity (Wildman–Crippen MR) is 92.9 cm³/mol. The molecule has 0 unspecified atom stereocenters. The van der Waals surface area contributed by atoms with Gasteiger partial charge in [-0.25, -0.2) is 0 Å². The van der Waals surface area contributed by atoms with Gasteiger partial charge in [0, 0.05) is 19.6 Å². The molecule has 0 amide bonds. The quantitative estimate of drug-likeness (QED) is 0.807. The van der Waals surface area contributed by atoms with E-state index in [1.54, 1.807) is 7.11 Å². The van der Waals surface area contributed by atoms with Gasteiger partial charge in [-0.15, -0.1) is 10.2 Å². The molecule has 1 fully saturated rings. The van der Waals surface area contributed by atoms with Crippen LogP contribution in [0.25, 0.3) is 0 Å². The minimum absolute atomic E-state index is 0.234. The van der Waals surface area contributed by atoms with E-state index < -0.39 is 0 Å². The Hall–Kier alpha value is -1.72. The molecule has 1 aliphatic heterocycles. The third-order valence-corrected chi connectivity index (χ3v) is 4.67. The number of nitrogens with zero attached hydrogens (tertiary/aromatic N) is 3. The van der Waals surface area contributed by atoms with Gasteiger partial charge < -0.3 is 14.1 Å². The standard InChI is InChI=1S/C19H27N3O2/c1-15(14-22-12-8-3-4-9-13-22)18-20-21-19(24-18)17(23-2)16-10-6-5-7-11-16/h5-7,10-11,15,17H,3-4,8-9,12-14H2,1-2H3/t15-,17+/m0/s1. The summed E-state index contributed by atoms with van der Waals surface area (Å²) >= 11 is 0. The summed E-state index contributed by atoms with van der Waals surface area (Å²) in [4.78, 5) is 2.52. The number of rotatable bonds is 6. The molecule has 24 heavy (non-hydrogen) atoms. The predicted octanol–water partition coefficient (Wildman–Crippen LogP) is 3.78. The van der Waals surface area contributed by atoms with Gasteiger partial charge in [0.1, 0.15) is 0 Å². The fourth-order valence-electron chi connectivity index (χ4n) is 3.34. The fraction of sp³-hybridized carbons (Fsp3) is 0.579. The van der Waals surface area contributed by atoms with Crippen molar-refractivity contribution in [1.29, 1.82) is 0 Å². The first-order valence-electron chi connectivity index (χ1n) is 8.91. The van der Waals surface area contributed by atoms with E-state index in [-0.39, 0.29) is 12.0 Å². The highest BCUT2D eigenvalue weighted by molar-refractivity contribution is 5.21. The highest BCUT2D eigenvalue weighted by atomic mass is 16.5. The number of aromatic nitrogens is 2. The molecule has 1 saturated heterocycles. The molecule has 5 heteroatoms. The molecule has 0 spiro atoms. The zero-order valence-electron chi connectivity index (χ0n) is 14.6. The summed E-state index contributed by atoms with van der Waals surface area (Å²) in [6, 6.07) is 9.98. The molecule has 0 radical (unpaired) electrons. The second-order valence-corrected chi connectivity index (χ2v) is 6.62. The Labute approximate surface area is 144 Å². The van der Waals surface area contributed by atoms with Gasteiger partial charge in [-0.1, -0.05) is 50.1 Å². The molecule has 1 aliphatic rings. The number of benzene rings is 1. The van der Waals surface area contributed by atoms with Gasteiger partial charge in [-0.3, -0.25) is 0 Å². The van der Waals surface area contributed by atoms with Gasteiger partial charge in [0.05, 0.1) is 0 Å². The van der Waals surface area contributed by atoms with Crippen LogP contribution in [0.2, 0.25) is 0 Å². The third-order valence-electron chi connectivity index (χ3n) is 4.67. The number of ether oxygens (including phenoxy) is 1. The Morgan fingerprint density at radius 2 is 1.71 bits per heavy atom. The second kappa shape index (κ2) is 8.40. The van der Waals surface area contributed by atoms with Gasteiger partial charge in [-0.2, -0.15) is 0 Å². The maximum absolute atomic E-state index is 5.95. The van der Waals surface area contributed by atoms with E-state index in [4.69, 9.17) is 9.15 Å². The molecule has 2 aromatic rings. The SMILES string of the molecule is CO[C@H](c1ccccc1)c1nnc([C@@H](C)CN2CCCCCC2)o1. The van der Waals surface area contributed by atoms with E-state index >= 15 is 0 Å². The van der Waals surface area contributed by atoms with Crippen molar-refractivity contribution in [2.75, 3.05) is 26.7 Å². The summed E-state index contributed by atoms with van der Waals surface area (Å²) in [5, 5.41) is 8.51. The lowest BCUT2D eigenvalue weighted by Crippen LogP contribution is -2.28. The average Bonchev–Trinajstić information content (AvgIpc) is 2.95. The van der Waals surface area contributed by atoms with E-state index in [1.165, 1.54) is 38.8 Å². The van der Waals surface area contributed by atoms with E-state index in [1.807, 2.05) is 30.3 Å². The van der Waals surface area contributed by atoms with Crippen LogP contribution in [0, 0.1) is 0 Å². The monoisotopic (exact) mass is 329 g/mol. The van der Waals surface area contributed by atoms with Crippen LogP contribution in [0.5, 0.6) is 0 Å². The Balaban J connectivity index is 1.67. The van der Waals surface area contributed by atoms with Crippen LogP contribution in [0.4, 0.5) is 0 Å². The van der Waals surface area contributed by atoms with Gasteiger partial charge in [-0.05, 0) is 31.5 Å². The van der Waals surface area contributed by atoms with Crippen LogP contribution in [-0.4, -0.2) is 41.8 Å². The number of hydrogen-bond donors (Lipinski definition) is 0. The molecule has 1 aromatic heterocycles. The van der Waals surface area contributed by atoms with Gasteiger partial charge in [0.25, 0.3) is 0 Å². The molecule has 1 aromatic carbocycles. The summed E-state index contributed by atoms with van der Waals surface area (Å²) in [7, 11) is 1.67. The van der Waals surface area contributed by atoms with Crippen LogP contribution in [-0.2, 0) is 4.74 Å². The van der Waals surface area contributed by atoms with Crippen molar-refractivity contribution >= 4 is 0 Å². The lowest BCUT2D eigenvalue weighted by atomic mass is 10.1. The second-order valence-electron chi connectivity index (χ2n) is 6.62. The van der Waals surface area contributed by atoms with Crippen molar-refractivity contribution < 1.29 is 9.15 Å². The molecule has 2 atom stereocenters. The zero-order valence-corrected chi connectivity index (χ0v) is 14.6. The lowest BCUT2D eigenvalue weighted by Gasteiger charge is -2.22. The Morgan fingerprint density at radius 3 is 2.38 bits per heavy atom. The minimum atomic E-state index is -0.308. The first kappa shape index (κ1) is 17.1. The van der Waals surface area contributed by atoms with E-state index in [9.17, 15) is 0 Å². The summed E-state index contributed by atoms with van der Waals surface area (Å²) in [5.74, 6) is 1.46. The number of hydrogen-bond acceptors (Lipinski definition) is 5. The molecular weight excluding hydrogens is 302 g/mol. The first-order chi connectivity index (χ1) is 11.8. The molecule has 130 valence electrons. The lowest BCUT2D eigenvalue weighted by molar-refractivity contribution is 0.109. The normalized spacial score (nSPS) is 18.9. The van der Waals surface area contributed by atoms with Crippen molar-refractivity contribution in [3.05, 3.63) is 47.7 Å². The molecule has 5 nitrogen and oxygen atoms in total. The number of likely N-dealkylation sites (tertiary alicyclic amines) is 1. The van der Waals surface area contributed by atoms with Crippen LogP contribution in [0.15, 0.2) is 34.7 Å². The Bertz CT molecular complexity index is 606. The molecule has 3 rings (SSSR count). The number of methoxy groups -OCH3 is 1. The molecule has 0 saturated carbocycles. The summed E-state index contributed by atoms with van der Waals surface area (Å²) in [5.41, 5.74) is 1.02. The maximum Gasteiger partial charge on any atom is 0.249 e. The zero-order chi connectivity index (χ0) is 16.8. The highest BCUT2D eigenvalue weighted by Crippen LogP contribution is 2.26. The smallest absolute Gasteiger partial charge is 0.249 e. The highest BCUT2D eigenvalue weighted by Gasteiger charge is 2.23. The van der Waals surface area contributed by atoms with E-state index in [0.29, 0.717) is 11.8 Å². The Morgan fingerprint density at radius 1 is 1.04 bits per heavy atom. The maximum atomic E-state index is 5.95. The average molecular weight is 329 g/mol. The molecule has 2 heterocycles. The van der Waals surface area contributed by atoms with Crippen LogP contribution >= 0.6 is 0 Å². The van der Waals surface area contributed by atoms with Crippen molar-refractivity contribution in [3.8, 4) is 0 Å². The summed E-state index contributed by atoms with van der Waals surface area (Å²) in [6.45, 7) is 5.49. The minimum Gasteiger partial charge on any atom is -0.422 e. The van der Waals surface area contributed by atoms with Crippen molar-refractivity contribution in [1.82, 2.24) is 15.1 Å². The summed E-state index contributed by atoms with van der Waals surface area (Å²) < 4.78 is 11.5. The molecule has 0 aliphatic carbocycles. The van der Waals surface area contributed by atoms with Gasteiger partial charge >= 0.3 is 0 Å². The van der Waals surface area contributed by atoms with Gasteiger partial charge in [0.2, 0.25) is 11.8 Å².